The summed E-state index contributed by atoms with van der Waals surface area (Å²) in [5.74, 6) is -0.202. The zero-order valence-electron chi connectivity index (χ0n) is 26.2. The van der Waals surface area contributed by atoms with Crippen molar-refractivity contribution in [3.63, 3.8) is 0 Å². The molecule has 2 fully saturated rings. The topological polar surface area (TPSA) is 73.0 Å². The van der Waals surface area contributed by atoms with Crippen molar-refractivity contribution in [1.29, 1.82) is 0 Å². The molecule has 0 radical (unpaired) electrons. The van der Waals surface area contributed by atoms with E-state index in [0.717, 1.165) is 17.5 Å². The molecule has 0 saturated carbocycles. The summed E-state index contributed by atoms with van der Waals surface area (Å²) in [6.07, 6.45) is 1.72. The van der Waals surface area contributed by atoms with Gasteiger partial charge >= 0.3 is 6.03 Å². The molecule has 4 amide bonds. The molecule has 0 aliphatic carbocycles. The second kappa shape index (κ2) is 14.9. The van der Waals surface area contributed by atoms with Gasteiger partial charge in [-0.1, -0.05) is 121 Å². The van der Waals surface area contributed by atoms with E-state index in [4.69, 9.17) is 0 Å². The van der Waals surface area contributed by atoms with E-state index < -0.39 is 6.17 Å². The highest BCUT2D eigenvalue weighted by molar-refractivity contribution is 5.85. The van der Waals surface area contributed by atoms with Crippen LogP contribution in [0.3, 0.4) is 0 Å². The highest BCUT2D eigenvalue weighted by Gasteiger charge is 2.43. The fraction of sp³-hybridized carbons (Fsp3) is 0.308. The van der Waals surface area contributed by atoms with Gasteiger partial charge in [-0.15, -0.1) is 0 Å². The van der Waals surface area contributed by atoms with Crippen LogP contribution in [0.2, 0.25) is 0 Å². The highest BCUT2D eigenvalue weighted by Crippen LogP contribution is 2.28. The summed E-state index contributed by atoms with van der Waals surface area (Å²) in [4.78, 5) is 46.8. The Hall–Kier alpha value is -4.91. The van der Waals surface area contributed by atoms with Crippen LogP contribution in [0.4, 0.5) is 4.79 Å². The first-order chi connectivity index (χ1) is 22.6. The van der Waals surface area contributed by atoms with Gasteiger partial charge in [-0.05, 0) is 41.5 Å². The number of carbonyl (C=O) groups is 3. The normalized spacial score (nSPS) is 18.3. The summed E-state index contributed by atoms with van der Waals surface area (Å²) in [7, 11) is 0. The van der Waals surface area contributed by atoms with Crippen LogP contribution in [0.15, 0.2) is 121 Å². The molecule has 236 valence electrons. The predicted octanol–water partition coefficient (Wildman–Crippen LogP) is 5.72. The van der Waals surface area contributed by atoms with Gasteiger partial charge in [0.25, 0.3) is 0 Å². The number of benzene rings is 4. The molecular formula is C39H42N4O3. The Kier molecular flexibility index (Phi) is 10.1. The van der Waals surface area contributed by atoms with Crippen LogP contribution in [-0.2, 0) is 22.4 Å². The summed E-state index contributed by atoms with van der Waals surface area (Å²) in [6, 6.07) is 40.7. The molecule has 1 N–H and O–H groups in total. The molecule has 0 spiro atoms. The zero-order chi connectivity index (χ0) is 31.7. The Labute approximate surface area is 271 Å². The number of nitrogens with zero attached hydrogens (tertiary/aromatic N) is 3. The molecule has 7 nitrogen and oxygen atoms in total. The Morgan fingerprint density at radius 1 is 0.739 bits per heavy atom. The van der Waals surface area contributed by atoms with Gasteiger partial charge < -0.3 is 20.0 Å². The largest absolute Gasteiger partial charge is 0.338 e. The number of rotatable bonds is 10. The van der Waals surface area contributed by atoms with E-state index in [0.29, 0.717) is 45.6 Å². The molecule has 4 aromatic carbocycles. The molecule has 46 heavy (non-hydrogen) atoms. The molecule has 2 aliphatic rings. The molecular weight excluding hydrogens is 572 g/mol. The van der Waals surface area contributed by atoms with Crippen molar-refractivity contribution in [3.05, 3.63) is 144 Å². The lowest BCUT2D eigenvalue weighted by Gasteiger charge is -2.43. The van der Waals surface area contributed by atoms with Gasteiger partial charge in [0, 0.05) is 38.5 Å². The fourth-order valence-corrected chi connectivity index (χ4v) is 6.84. The van der Waals surface area contributed by atoms with Gasteiger partial charge in [-0.2, -0.15) is 0 Å². The van der Waals surface area contributed by atoms with Crippen molar-refractivity contribution >= 4 is 17.8 Å². The summed E-state index contributed by atoms with van der Waals surface area (Å²) in [5.41, 5.74) is 4.63. The van der Waals surface area contributed by atoms with Crippen molar-refractivity contribution < 1.29 is 14.4 Å². The maximum atomic E-state index is 14.1. The standard InChI is InChI=1S/C39H42N4O3/c44-37-23-26-42(39(46)40-24-21-35(32-17-9-3-10-18-32)33-19-11-4-12-20-33)36-29-41(25-22-30-13-5-1-6-14-30)38(45)34(28-43(36)37)27-31-15-7-2-8-16-31/h1-20,34-36H,21-29H2,(H,40,46)/t34-,36?/m1/s1. The van der Waals surface area contributed by atoms with E-state index in [9.17, 15) is 14.4 Å². The van der Waals surface area contributed by atoms with Gasteiger partial charge in [0.15, 0.2) is 0 Å². The summed E-state index contributed by atoms with van der Waals surface area (Å²) in [6.45, 7) is 1.94. The summed E-state index contributed by atoms with van der Waals surface area (Å²) in [5, 5.41) is 3.17. The number of hydrogen-bond acceptors (Lipinski definition) is 3. The van der Waals surface area contributed by atoms with Gasteiger partial charge in [-0.3, -0.25) is 9.59 Å². The Morgan fingerprint density at radius 2 is 1.30 bits per heavy atom. The third kappa shape index (κ3) is 7.48. The molecule has 4 aromatic rings. The quantitative estimate of drug-likeness (QED) is 0.248. The Morgan fingerprint density at radius 3 is 1.91 bits per heavy atom. The predicted molar refractivity (Wildman–Crippen MR) is 180 cm³/mol. The third-order valence-electron chi connectivity index (χ3n) is 9.28. The molecule has 2 aliphatic heterocycles. The summed E-state index contributed by atoms with van der Waals surface area (Å²) >= 11 is 0. The monoisotopic (exact) mass is 614 g/mol. The van der Waals surface area contributed by atoms with E-state index in [2.05, 4.69) is 41.7 Å². The SMILES string of the molecule is O=C1[C@H](Cc2ccccc2)CN2C(=O)CCN(C(=O)NCCC(c3ccccc3)c3ccccc3)C2CN1CCc1ccccc1. The van der Waals surface area contributed by atoms with Crippen molar-refractivity contribution in [2.24, 2.45) is 5.92 Å². The highest BCUT2D eigenvalue weighted by atomic mass is 16.2. The molecule has 7 heteroatoms. The number of hydrogen-bond donors (Lipinski definition) is 1. The molecule has 6 rings (SSSR count). The zero-order valence-corrected chi connectivity index (χ0v) is 26.2. The maximum Gasteiger partial charge on any atom is 0.319 e. The molecule has 2 atom stereocenters. The van der Waals surface area contributed by atoms with Crippen LogP contribution in [0.1, 0.15) is 41.0 Å². The van der Waals surface area contributed by atoms with E-state index in [-0.39, 0.29) is 36.1 Å². The van der Waals surface area contributed by atoms with Crippen molar-refractivity contribution in [2.75, 3.05) is 32.7 Å². The second-order valence-electron chi connectivity index (χ2n) is 12.3. The first kappa shape index (κ1) is 31.1. The lowest BCUT2D eigenvalue weighted by molar-refractivity contribution is -0.142. The van der Waals surface area contributed by atoms with Crippen LogP contribution in [0.25, 0.3) is 0 Å². The van der Waals surface area contributed by atoms with Crippen LogP contribution in [-0.4, -0.2) is 71.4 Å². The van der Waals surface area contributed by atoms with Gasteiger partial charge in [0.2, 0.25) is 11.8 Å². The van der Waals surface area contributed by atoms with Crippen LogP contribution in [0.5, 0.6) is 0 Å². The van der Waals surface area contributed by atoms with Gasteiger partial charge in [-0.25, -0.2) is 4.79 Å². The average Bonchev–Trinajstić information content (AvgIpc) is 3.24. The van der Waals surface area contributed by atoms with Crippen LogP contribution < -0.4 is 5.32 Å². The lowest BCUT2D eigenvalue weighted by Crippen LogP contribution is -2.62. The molecule has 2 saturated heterocycles. The number of fused-ring (bicyclic) bond motifs is 1. The van der Waals surface area contributed by atoms with E-state index in [1.54, 1.807) is 9.80 Å². The number of urea groups is 1. The van der Waals surface area contributed by atoms with Crippen LogP contribution >= 0.6 is 0 Å². The van der Waals surface area contributed by atoms with E-state index in [1.165, 1.54) is 11.1 Å². The minimum absolute atomic E-state index is 0.00181. The van der Waals surface area contributed by atoms with Gasteiger partial charge in [0.05, 0.1) is 12.5 Å². The Bertz CT molecular complexity index is 1540. The molecule has 2 heterocycles. The van der Waals surface area contributed by atoms with E-state index in [1.807, 2.05) is 89.8 Å². The van der Waals surface area contributed by atoms with E-state index >= 15 is 0 Å². The number of amides is 4. The smallest absolute Gasteiger partial charge is 0.319 e. The lowest BCUT2D eigenvalue weighted by atomic mass is 9.88. The third-order valence-corrected chi connectivity index (χ3v) is 9.28. The van der Waals surface area contributed by atoms with Gasteiger partial charge in [0.1, 0.15) is 6.17 Å². The maximum absolute atomic E-state index is 14.1. The first-order valence-corrected chi connectivity index (χ1v) is 16.4. The molecule has 0 aromatic heterocycles. The number of nitrogens with one attached hydrogen (secondary N) is 1. The first-order valence-electron chi connectivity index (χ1n) is 16.4. The van der Waals surface area contributed by atoms with Crippen molar-refractivity contribution in [2.45, 2.75) is 37.8 Å². The molecule has 1 unspecified atom stereocenters. The summed E-state index contributed by atoms with van der Waals surface area (Å²) < 4.78 is 0. The minimum Gasteiger partial charge on any atom is -0.338 e. The minimum atomic E-state index is -0.513. The average molecular weight is 615 g/mol. The molecule has 0 bridgehead atoms. The van der Waals surface area contributed by atoms with Crippen LogP contribution in [0, 0.1) is 5.92 Å². The van der Waals surface area contributed by atoms with Crippen molar-refractivity contribution in [1.82, 2.24) is 20.0 Å². The van der Waals surface area contributed by atoms with Crippen molar-refractivity contribution in [3.8, 4) is 0 Å². The fourth-order valence-electron chi connectivity index (χ4n) is 6.84. The number of carbonyl (C=O) groups excluding carboxylic acids is 3. The Balaban J connectivity index is 1.19. The second-order valence-corrected chi connectivity index (χ2v) is 12.3.